The summed E-state index contributed by atoms with van der Waals surface area (Å²) in [5, 5.41) is 10.5. The lowest BCUT2D eigenvalue weighted by Gasteiger charge is -2.35. The fourth-order valence-electron chi connectivity index (χ4n) is 4.26. The number of rotatable bonds is 11. The smallest absolute Gasteiger partial charge is 0.410 e. The molecule has 4 rings (SSSR count). The van der Waals surface area contributed by atoms with Crippen LogP contribution in [0.4, 0.5) is 4.79 Å². The van der Waals surface area contributed by atoms with Crippen molar-refractivity contribution in [1.29, 1.82) is 0 Å². The first-order valence-corrected chi connectivity index (χ1v) is 12.4. The molecule has 0 saturated carbocycles. The molecule has 2 aliphatic heterocycles. The van der Waals surface area contributed by atoms with Crippen LogP contribution in [0.2, 0.25) is 0 Å². The van der Waals surface area contributed by atoms with E-state index in [1.54, 1.807) is 54.2 Å². The van der Waals surface area contributed by atoms with Crippen LogP contribution < -0.4 is 9.47 Å². The van der Waals surface area contributed by atoms with Crippen LogP contribution in [0.15, 0.2) is 41.7 Å². The molecule has 1 atom stereocenters. The van der Waals surface area contributed by atoms with E-state index in [9.17, 15) is 14.4 Å². The predicted molar refractivity (Wildman–Crippen MR) is 133 cm³/mol. The first kappa shape index (κ1) is 26.8. The highest BCUT2D eigenvalue weighted by atomic mass is 16.7. The van der Waals surface area contributed by atoms with Crippen LogP contribution in [0.3, 0.4) is 0 Å². The van der Waals surface area contributed by atoms with Gasteiger partial charge in [0.2, 0.25) is 6.61 Å². The molecule has 1 aromatic carbocycles. The molecule has 0 spiro atoms. The summed E-state index contributed by atoms with van der Waals surface area (Å²) in [5.41, 5.74) is 0.366. The highest BCUT2D eigenvalue weighted by Gasteiger charge is 2.39. The number of H-pyrrole nitrogens is 1. The summed E-state index contributed by atoms with van der Waals surface area (Å²) in [6, 6.07) is 8.71. The number of hydrogen-bond donors (Lipinski definition) is 1. The van der Waals surface area contributed by atoms with Gasteiger partial charge in [-0.2, -0.15) is 5.10 Å². The third kappa shape index (κ3) is 6.72. The summed E-state index contributed by atoms with van der Waals surface area (Å²) in [4.78, 5) is 45.7. The van der Waals surface area contributed by atoms with Gasteiger partial charge >= 0.3 is 12.1 Å². The van der Waals surface area contributed by atoms with Gasteiger partial charge in [0.15, 0.2) is 11.8 Å². The van der Waals surface area contributed by atoms with Crippen LogP contribution >= 0.6 is 0 Å². The minimum atomic E-state index is -0.585. The van der Waals surface area contributed by atoms with Crippen molar-refractivity contribution < 1.29 is 38.2 Å². The molecule has 13 heteroatoms. The number of esters is 1. The first-order chi connectivity index (χ1) is 18.5. The van der Waals surface area contributed by atoms with Gasteiger partial charge in [-0.05, 0) is 50.1 Å². The predicted octanol–water partition coefficient (Wildman–Crippen LogP) is 1.59. The fourth-order valence-corrected chi connectivity index (χ4v) is 4.26. The third-order valence-electron chi connectivity index (χ3n) is 6.19. The zero-order chi connectivity index (χ0) is 26.9. The number of benzene rings is 1. The number of nitrogens with one attached hydrogen (secondary N) is 1. The van der Waals surface area contributed by atoms with E-state index >= 15 is 0 Å². The van der Waals surface area contributed by atoms with Gasteiger partial charge in [-0.25, -0.2) is 9.59 Å². The van der Waals surface area contributed by atoms with Gasteiger partial charge in [0, 0.05) is 25.3 Å². The van der Waals surface area contributed by atoms with Crippen molar-refractivity contribution in [3.63, 3.8) is 0 Å². The topological polar surface area (TPSA) is 145 Å². The average Bonchev–Trinajstić information content (AvgIpc) is 3.60. The number of hydrogen-bond acceptors (Lipinski definition) is 10. The minimum Gasteiger partial charge on any atom is -0.497 e. The zero-order valence-corrected chi connectivity index (χ0v) is 21.3. The number of aromatic amines is 1. The molecule has 2 saturated heterocycles. The second kappa shape index (κ2) is 12.8. The number of carbonyl (C=O) groups excluding carboxylic acids is 3. The number of nitrogens with zero attached hydrogens (tertiary/aromatic N) is 4. The van der Waals surface area contributed by atoms with Crippen LogP contribution in [0.25, 0.3) is 0 Å². The van der Waals surface area contributed by atoms with Gasteiger partial charge in [0.25, 0.3) is 5.91 Å². The molecule has 0 bridgehead atoms. The number of piperidine rings is 1. The van der Waals surface area contributed by atoms with Crippen molar-refractivity contribution in [1.82, 2.24) is 20.0 Å². The molecule has 38 heavy (non-hydrogen) atoms. The number of aromatic nitrogens is 2. The van der Waals surface area contributed by atoms with Gasteiger partial charge in [-0.3, -0.25) is 9.89 Å². The number of amides is 2. The van der Waals surface area contributed by atoms with Gasteiger partial charge in [0.1, 0.15) is 18.1 Å². The van der Waals surface area contributed by atoms with Gasteiger partial charge < -0.3 is 33.6 Å². The van der Waals surface area contributed by atoms with Crippen LogP contribution in [0.5, 0.6) is 11.5 Å². The maximum Gasteiger partial charge on any atom is 0.410 e. The summed E-state index contributed by atoms with van der Waals surface area (Å²) in [6.07, 6.45) is 1.87. The average molecular weight is 530 g/mol. The van der Waals surface area contributed by atoms with E-state index < -0.39 is 12.6 Å². The molecule has 2 fully saturated rings. The molecule has 2 aliphatic rings. The Hall–Kier alpha value is -4.29. The van der Waals surface area contributed by atoms with E-state index in [1.165, 1.54) is 6.20 Å². The second-order valence-electron chi connectivity index (χ2n) is 8.66. The van der Waals surface area contributed by atoms with Gasteiger partial charge in [-0.1, -0.05) is 5.16 Å². The summed E-state index contributed by atoms with van der Waals surface area (Å²) in [5.74, 6) is 0.436. The van der Waals surface area contributed by atoms with Crippen molar-refractivity contribution >= 4 is 23.7 Å². The fraction of sp³-hybridized carbons (Fsp3) is 0.480. The van der Waals surface area contributed by atoms with E-state index in [0.29, 0.717) is 43.9 Å². The Morgan fingerprint density at radius 3 is 2.55 bits per heavy atom. The number of oxime groups is 1. The molecule has 13 nitrogen and oxygen atoms in total. The van der Waals surface area contributed by atoms with Gasteiger partial charge in [0.05, 0.1) is 26.0 Å². The molecule has 1 unspecified atom stereocenters. The SMILES string of the molecule is CCOC(=O)CON=C(C(=O)N1CCC(N2CC(COc3ccc(OC)cc3)OC2=O)CC1)c1ccn[nH]1. The van der Waals surface area contributed by atoms with Crippen molar-refractivity contribution in [3.05, 3.63) is 42.2 Å². The summed E-state index contributed by atoms with van der Waals surface area (Å²) >= 11 is 0. The molecule has 204 valence electrons. The molecule has 0 aliphatic carbocycles. The van der Waals surface area contributed by atoms with E-state index in [2.05, 4.69) is 15.4 Å². The lowest BCUT2D eigenvalue weighted by atomic mass is 10.0. The number of methoxy groups -OCH3 is 1. The normalized spacial score (nSPS) is 18.2. The largest absolute Gasteiger partial charge is 0.497 e. The molecule has 2 aromatic rings. The minimum absolute atomic E-state index is 0.00146. The van der Waals surface area contributed by atoms with E-state index in [1.807, 2.05) is 0 Å². The molecule has 3 heterocycles. The third-order valence-corrected chi connectivity index (χ3v) is 6.19. The van der Waals surface area contributed by atoms with Crippen molar-refractivity contribution in [2.45, 2.75) is 31.9 Å². The zero-order valence-electron chi connectivity index (χ0n) is 21.3. The van der Waals surface area contributed by atoms with Crippen LogP contribution in [0, 0.1) is 0 Å². The Bertz CT molecular complexity index is 1110. The summed E-state index contributed by atoms with van der Waals surface area (Å²) < 4.78 is 21.2. The quantitative estimate of drug-likeness (QED) is 0.261. The Morgan fingerprint density at radius 1 is 1.16 bits per heavy atom. The Balaban J connectivity index is 1.28. The number of carbonyl (C=O) groups is 3. The van der Waals surface area contributed by atoms with Crippen LogP contribution in [0.1, 0.15) is 25.5 Å². The summed E-state index contributed by atoms with van der Waals surface area (Å²) in [6.45, 7) is 2.95. The first-order valence-electron chi connectivity index (χ1n) is 12.4. The number of cyclic esters (lactones) is 1. The lowest BCUT2D eigenvalue weighted by Crippen LogP contribution is -2.49. The van der Waals surface area contributed by atoms with Crippen LogP contribution in [-0.4, -0.2) is 102 Å². The molecular formula is C25H31N5O8. The molecular weight excluding hydrogens is 498 g/mol. The molecule has 2 amide bonds. The molecule has 1 N–H and O–H groups in total. The standard InChI is InChI=1S/C25H31N5O8/c1-3-35-22(31)16-37-28-23(21-8-11-26-27-21)24(32)29-12-9-17(10-13-29)30-14-20(38-25(30)33)15-36-19-6-4-18(34-2)5-7-19/h4-8,11,17,20H,3,9-10,12-16H2,1-2H3,(H,26,27). The highest BCUT2D eigenvalue weighted by Crippen LogP contribution is 2.24. The van der Waals surface area contributed by atoms with Crippen molar-refractivity contribution in [2.75, 3.05) is 46.6 Å². The van der Waals surface area contributed by atoms with Gasteiger partial charge in [-0.15, -0.1) is 0 Å². The van der Waals surface area contributed by atoms with E-state index in [-0.39, 0.29) is 43.1 Å². The van der Waals surface area contributed by atoms with Crippen molar-refractivity contribution in [3.8, 4) is 11.5 Å². The Labute approximate surface area is 219 Å². The van der Waals surface area contributed by atoms with E-state index in [0.717, 1.165) is 5.75 Å². The molecule has 0 radical (unpaired) electrons. The maximum absolute atomic E-state index is 13.2. The highest BCUT2D eigenvalue weighted by molar-refractivity contribution is 6.44. The van der Waals surface area contributed by atoms with Crippen molar-refractivity contribution in [2.24, 2.45) is 5.16 Å². The maximum atomic E-state index is 13.2. The number of likely N-dealkylation sites (tertiary alicyclic amines) is 1. The monoisotopic (exact) mass is 529 g/mol. The number of ether oxygens (including phenoxy) is 4. The van der Waals surface area contributed by atoms with Crippen LogP contribution in [-0.2, 0) is 23.9 Å². The second-order valence-corrected chi connectivity index (χ2v) is 8.66. The molecule has 1 aromatic heterocycles. The lowest BCUT2D eigenvalue weighted by molar-refractivity contribution is -0.148. The Kier molecular flexibility index (Phi) is 9.01. The Morgan fingerprint density at radius 2 is 1.89 bits per heavy atom. The summed E-state index contributed by atoms with van der Waals surface area (Å²) in [7, 11) is 1.59. The van der Waals surface area contributed by atoms with E-state index in [4.69, 9.17) is 23.8 Å².